The highest BCUT2D eigenvalue weighted by molar-refractivity contribution is 6.33. The number of benzene rings is 1. The molecule has 1 fully saturated rings. The van der Waals surface area contributed by atoms with E-state index in [1.165, 1.54) is 12.1 Å². The first-order chi connectivity index (χ1) is 8.61. The van der Waals surface area contributed by atoms with Crippen LogP contribution < -0.4 is 5.32 Å². The van der Waals surface area contributed by atoms with Gasteiger partial charge in [0.05, 0.1) is 15.6 Å². The maximum Gasteiger partial charge on any atom is 0.271 e. The standard InChI is InChI=1S/C12H15ClN2O3/c13-10-6-9(15(17)18)4-5-12(10)14-11-3-1-2-8(11)7-16/h4-6,8,11,14,16H,1-3,7H2. The zero-order valence-corrected chi connectivity index (χ0v) is 10.6. The Morgan fingerprint density at radius 3 is 2.89 bits per heavy atom. The summed E-state index contributed by atoms with van der Waals surface area (Å²) in [7, 11) is 0. The van der Waals surface area contributed by atoms with Gasteiger partial charge < -0.3 is 10.4 Å². The summed E-state index contributed by atoms with van der Waals surface area (Å²) in [6, 6.07) is 4.57. The lowest BCUT2D eigenvalue weighted by molar-refractivity contribution is -0.384. The van der Waals surface area contributed by atoms with Crippen LogP contribution >= 0.6 is 11.6 Å². The minimum atomic E-state index is -0.470. The second kappa shape index (κ2) is 5.54. The van der Waals surface area contributed by atoms with E-state index in [9.17, 15) is 15.2 Å². The van der Waals surface area contributed by atoms with Crippen LogP contribution in [0.4, 0.5) is 11.4 Å². The smallest absolute Gasteiger partial charge is 0.271 e. The van der Waals surface area contributed by atoms with Crippen molar-refractivity contribution in [2.45, 2.75) is 25.3 Å². The van der Waals surface area contributed by atoms with Crippen LogP contribution in [0.3, 0.4) is 0 Å². The molecule has 0 radical (unpaired) electrons. The zero-order valence-electron chi connectivity index (χ0n) is 9.80. The van der Waals surface area contributed by atoms with Crippen LogP contribution in [0.25, 0.3) is 0 Å². The molecule has 98 valence electrons. The molecule has 0 aromatic heterocycles. The summed E-state index contributed by atoms with van der Waals surface area (Å²) in [5.41, 5.74) is 0.670. The molecule has 0 heterocycles. The number of hydrogen-bond donors (Lipinski definition) is 2. The van der Waals surface area contributed by atoms with Crippen molar-refractivity contribution in [3.05, 3.63) is 33.3 Å². The minimum Gasteiger partial charge on any atom is -0.396 e. The molecule has 2 unspecified atom stereocenters. The van der Waals surface area contributed by atoms with Crippen molar-refractivity contribution in [2.75, 3.05) is 11.9 Å². The number of halogens is 1. The van der Waals surface area contributed by atoms with E-state index in [-0.39, 0.29) is 24.3 Å². The van der Waals surface area contributed by atoms with E-state index >= 15 is 0 Å². The molecule has 2 rings (SSSR count). The van der Waals surface area contributed by atoms with Crippen molar-refractivity contribution in [3.8, 4) is 0 Å². The van der Waals surface area contributed by atoms with Gasteiger partial charge in [0.1, 0.15) is 0 Å². The Kier molecular flexibility index (Phi) is 4.04. The van der Waals surface area contributed by atoms with Crippen LogP contribution in [0.1, 0.15) is 19.3 Å². The number of nitrogens with one attached hydrogen (secondary N) is 1. The third kappa shape index (κ3) is 2.73. The summed E-state index contributed by atoms with van der Waals surface area (Å²) >= 11 is 6.01. The number of hydrogen-bond acceptors (Lipinski definition) is 4. The van der Waals surface area contributed by atoms with Crippen LogP contribution in [0.5, 0.6) is 0 Å². The molecule has 1 aliphatic rings. The number of non-ortho nitro benzene ring substituents is 1. The van der Waals surface area contributed by atoms with E-state index < -0.39 is 4.92 Å². The number of nitrogens with zero attached hydrogens (tertiary/aromatic N) is 1. The highest BCUT2D eigenvalue weighted by Crippen LogP contribution is 2.32. The molecule has 0 spiro atoms. The molecule has 6 heteroatoms. The molecule has 2 N–H and O–H groups in total. The van der Waals surface area contributed by atoms with Gasteiger partial charge in [0.2, 0.25) is 0 Å². The highest BCUT2D eigenvalue weighted by atomic mass is 35.5. The predicted octanol–water partition coefficient (Wildman–Crippen LogP) is 2.82. The minimum absolute atomic E-state index is 0.0179. The topological polar surface area (TPSA) is 75.4 Å². The average molecular weight is 271 g/mol. The fourth-order valence-electron chi connectivity index (χ4n) is 2.38. The van der Waals surface area contributed by atoms with Gasteiger partial charge in [-0.05, 0) is 18.9 Å². The van der Waals surface area contributed by atoms with Gasteiger partial charge in [-0.1, -0.05) is 18.0 Å². The molecule has 0 bridgehead atoms. The summed E-state index contributed by atoms with van der Waals surface area (Å²) in [6.45, 7) is 0.155. The van der Waals surface area contributed by atoms with Gasteiger partial charge in [0.25, 0.3) is 5.69 Å². The summed E-state index contributed by atoms with van der Waals surface area (Å²) in [5.74, 6) is 0.233. The fourth-order valence-corrected chi connectivity index (χ4v) is 2.61. The van der Waals surface area contributed by atoms with Crippen LogP contribution in [-0.2, 0) is 0 Å². The number of nitro benzene ring substituents is 1. The second-order valence-electron chi connectivity index (χ2n) is 4.55. The van der Waals surface area contributed by atoms with Gasteiger partial charge in [0, 0.05) is 30.7 Å². The monoisotopic (exact) mass is 270 g/mol. The molecule has 0 saturated heterocycles. The quantitative estimate of drug-likeness (QED) is 0.652. The van der Waals surface area contributed by atoms with Crippen molar-refractivity contribution in [1.29, 1.82) is 0 Å². The van der Waals surface area contributed by atoms with Crippen LogP contribution in [0, 0.1) is 16.0 Å². The van der Waals surface area contributed by atoms with Gasteiger partial charge in [0.15, 0.2) is 0 Å². The van der Waals surface area contributed by atoms with Gasteiger partial charge in [-0.2, -0.15) is 0 Å². The van der Waals surface area contributed by atoms with Crippen LogP contribution in [-0.4, -0.2) is 22.7 Å². The Hall–Kier alpha value is -1.33. The average Bonchev–Trinajstić information content (AvgIpc) is 2.78. The van der Waals surface area contributed by atoms with E-state index in [0.717, 1.165) is 19.3 Å². The fraction of sp³-hybridized carbons (Fsp3) is 0.500. The maximum absolute atomic E-state index is 10.6. The summed E-state index contributed by atoms with van der Waals surface area (Å²) in [4.78, 5) is 10.1. The molecule has 1 saturated carbocycles. The molecule has 1 aromatic carbocycles. The Morgan fingerprint density at radius 2 is 2.28 bits per heavy atom. The molecule has 18 heavy (non-hydrogen) atoms. The van der Waals surface area contributed by atoms with E-state index in [1.54, 1.807) is 6.07 Å². The van der Waals surface area contributed by atoms with E-state index in [2.05, 4.69) is 5.32 Å². The lowest BCUT2D eigenvalue weighted by Crippen LogP contribution is -2.26. The highest BCUT2D eigenvalue weighted by Gasteiger charge is 2.27. The number of anilines is 1. The van der Waals surface area contributed by atoms with Crippen LogP contribution in [0.2, 0.25) is 5.02 Å². The number of rotatable bonds is 4. The molecular formula is C12H15ClN2O3. The lowest BCUT2D eigenvalue weighted by Gasteiger charge is -2.20. The number of nitro groups is 1. The maximum atomic E-state index is 10.6. The van der Waals surface area contributed by atoms with E-state index in [0.29, 0.717) is 10.7 Å². The van der Waals surface area contributed by atoms with Gasteiger partial charge in [-0.25, -0.2) is 0 Å². The van der Waals surface area contributed by atoms with E-state index in [1.807, 2.05) is 0 Å². The van der Waals surface area contributed by atoms with Crippen molar-refractivity contribution in [3.63, 3.8) is 0 Å². The molecular weight excluding hydrogens is 256 g/mol. The van der Waals surface area contributed by atoms with Gasteiger partial charge in [-0.15, -0.1) is 0 Å². The molecule has 1 aromatic rings. The Balaban J connectivity index is 2.12. The Morgan fingerprint density at radius 1 is 1.50 bits per heavy atom. The third-order valence-corrected chi connectivity index (χ3v) is 3.71. The van der Waals surface area contributed by atoms with Crippen molar-refractivity contribution >= 4 is 23.0 Å². The third-order valence-electron chi connectivity index (χ3n) is 3.40. The largest absolute Gasteiger partial charge is 0.396 e. The molecule has 0 aliphatic heterocycles. The Labute approximate surface area is 110 Å². The van der Waals surface area contributed by atoms with Crippen molar-refractivity contribution in [2.24, 2.45) is 5.92 Å². The molecule has 0 amide bonds. The SMILES string of the molecule is O=[N+]([O-])c1ccc(NC2CCCC2CO)c(Cl)c1. The second-order valence-corrected chi connectivity index (χ2v) is 4.95. The number of aliphatic hydroxyl groups excluding tert-OH is 1. The normalized spacial score (nSPS) is 23.0. The molecule has 5 nitrogen and oxygen atoms in total. The van der Waals surface area contributed by atoms with Crippen molar-refractivity contribution < 1.29 is 10.0 Å². The van der Waals surface area contributed by atoms with Crippen molar-refractivity contribution in [1.82, 2.24) is 0 Å². The Bertz CT molecular complexity index is 453. The first kappa shape index (κ1) is 13.1. The first-order valence-electron chi connectivity index (χ1n) is 5.93. The van der Waals surface area contributed by atoms with Gasteiger partial charge >= 0.3 is 0 Å². The zero-order chi connectivity index (χ0) is 13.1. The summed E-state index contributed by atoms with van der Waals surface area (Å²) in [5, 5.41) is 23.4. The number of aliphatic hydroxyl groups is 1. The van der Waals surface area contributed by atoms with Gasteiger partial charge in [-0.3, -0.25) is 10.1 Å². The lowest BCUT2D eigenvalue weighted by atomic mass is 10.0. The first-order valence-corrected chi connectivity index (χ1v) is 6.31. The summed E-state index contributed by atoms with van der Waals surface area (Å²) < 4.78 is 0. The summed E-state index contributed by atoms with van der Waals surface area (Å²) in [6.07, 6.45) is 3.06. The molecule has 1 aliphatic carbocycles. The van der Waals surface area contributed by atoms with Crippen LogP contribution in [0.15, 0.2) is 18.2 Å². The van der Waals surface area contributed by atoms with E-state index in [4.69, 9.17) is 11.6 Å². The molecule has 2 atom stereocenters. The predicted molar refractivity (Wildman–Crippen MR) is 69.9 cm³/mol.